The average molecular weight is 303 g/mol. The lowest BCUT2D eigenvalue weighted by molar-refractivity contribution is 0.0652. The topological polar surface area (TPSA) is 80.5 Å². The number of carbonyl (C=O) groups is 1. The van der Waals surface area contributed by atoms with E-state index < -0.39 is 10.0 Å². The van der Waals surface area contributed by atoms with E-state index >= 15 is 0 Å². The highest BCUT2D eigenvalue weighted by atomic mass is 35.5. The van der Waals surface area contributed by atoms with Crippen molar-refractivity contribution in [1.82, 2.24) is 4.90 Å². The molecule has 0 heterocycles. The zero-order valence-corrected chi connectivity index (χ0v) is 12.0. The zero-order valence-electron chi connectivity index (χ0n) is 10.5. The largest absolute Gasteiger partial charge is 0.339 e. The van der Waals surface area contributed by atoms with Crippen LogP contribution in [-0.4, -0.2) is 32.3 Å². The van der Waals surface area contributed by atoms with Crippen molar-refractivity contribution in [3.63, 3.8) is 0 Å². The number of amides is 1. The molecule has 1 aromatic carbocycles. The van der Waals surface area contributed by atoms with Gasteiger partial charge in [-0.2, -0.15) is 0 Å². The highest BCUT2D eigenvalue weighted by Gasteiger charge is 2.27. The van der Waals surface area contributed by atoms with Gasteiger partial charge in [0.1, 0.15) is 4.90 Å². The summed E-state index contributed by atoms with van der Waals surface area (Å²) in [6.07, 6.45) is 3.08. The summed E-state index contributed by atoms with van der Waals surface area (Å²) >= 11 is 5.78. The molecule has 0 radical (unpaired) electrons. The summed E-state index contributed by atoms with van der Waals surface area (Å²) in [7, 11) is -2.21. The van der Waals surface area contributed by atoms with E-state index in [1.165, 1.54) is 18.2 Å². The SMILES string of the molecule is CN(C(=O)c1ccc(Cl)c(S(N)(=O)=O)c1)C1CCC1. The molecular formula is C12H15ClN2O3S. The minimum absolute atomic E-state index is 0.0188. The summed E-state index contributed by atoms with van der Waals surface area (Å²) in [5.74, 6) is -0.216. The van der Waals surface area contributed by atoms with Gasteiger partial charge in [-0.05, 0) is 37.5 Å². The van der Waals surface area contributed by atoms with Crippen molar-refractivity contribution in [2.75, 3.05) is 7.05 Å². The van der Waals surface area contributed by atoms with Crippen LogP contribution >= 0.6 is 11.6 Å². The number of nitrogens with zero attached hydrogens (tertiary/aromatic N) is 1. The highest BCUT2D eigenvalue weighted by Crippen LogP contribution is 2.26. The zero-order chi connectivity index (χ0) is 14.2. The second-order valence-electron chi connectivity index (χ2n) is 4.69. The number of benzene rings is 1. The van der Waals surface area contributed by atoms with Crippen LogP contribution in [0.2, 0.25) is 5.02 Å². The minimum atomic E-state index is -3.93. The van der Waals surface area contributed by atoms with Crippen LogP contribution in [0, 0.1) is 0 Å². The van der Waals surface area contributed by atoms with Crippen LogP contribution in [0.3, 0.4) is 0 Å². The Balaban J connectivity index is 2.33. The molecule has 0 unspecified atom stereocenters. The van der Waals surface area contributed by atoms with Gasteiger partial charge >= 0.3 is 0 Å². The van der Waals surface area contributed by atoms with Crippen LogP contribution in [0.15, 0.2) is 23.1 Å². The number of carbonyl (C=O) groups excluding carboxylic acids is 1. The smallest absolute Gasteiger partial charge is 0.253 e. The fourth-order valence-corrected chi connectivity index (χ4v) is 3.07. The molecule has 1 aliphatic rings. The number of nitrogens with two attached hydrogens (primary N) is 1. The maximum Gasteiger partial charge on any atom is 0.253 e. The molecule has 1 amide bonds. The quantitative estimate of drug-likeness (QED) is 0.921. The molecule has 0 aliphatic heterocycles. The van der Waals surface area contributed by atoms with E-state index in [0.717, 1.165) is 19.3 Å². The Morgan fingerprint density at radius 2 is 2.05 bits per heavy atom. The number of hydrogen-bond acceptors (Lipinski definition) is 3. The maximum atomic E-state index is 12.2. The molecule has 0 spiro atoms. The second kappa shape index (κ2) is 5.11. The fraction of sp³-hybridized carbons (Fsp3) is 0.417. The first kappa shape index (κ1) is 14.3. The highest BCUT2D eigenvalue weighted by molar-refractivity contribution is 7.89. The van der Waals surface area contributed by atoms with Crippen LogP contribution < -0.4 is 5.14 Å². The van der Waals surface area contributed by atoms with Crippen LogP contribution in [0.5, 0.6) is 0 Å². The van der Waals surface area contributed by atoms with Crippen molar-refractivity contribution in [1.29, 1.82) is 0 Å². The van der Waals surface area contributed by atoms with Gasteiger partial charge in [-0.3, -0.25) is 4.79 Å². The monoisotopic (exact) mass is 302 g/mol. The van der Waals surface area contributed by atoms with Gasteiger partial charge < -0.3 is 4.90 Å². The third-order valence-corrected chi connectivity index (χ3v) is 4.82. The minimum Gasteiger partial charge on any atom is -0.339 e. The Kier molecular flexibility index (Phi) is 3.85. The van der Waals surface area contributed by atoms with Gasteiger partial charge in [-0.15, -0.1) is 0 Å². The molecule has 104 valence electrons. The van der Waals surface area contributed by atoms with Crippen molar-refractivity contribution in [2.45, 2.75) is 30.2 Å². The average Bonchev–Trinajstić information content (AvgIpc) is 2.24. The van der Waals surface area contributed by atoms with Gasteiger partial charge in [0.15, 0.2) is 0 Å². The van der Waals surface area contributed by atoms with Crippen LogP contribution in [0.4, 0.5) is 0 Å². The molecule has 2 rings (SSSR count). The predicted octanol–water partition coefficient (Wildman–Crippen LogP) is 1.61. The molecule has 0 aromatic heterocycles. The standard InChI is InChI=1S/C12H15ClN2O3S/c1-15(9-3-2-4-9)12(16)8-5-6-10(13)11(7-8)19(14,17)18/h5-7,9H,2-4H2,1H3,(H2,14,17,18). The maximum absolute atomic E-state index is 12.2. The van der Waals surface area contributed by atoms with E-state index in [0.29, 0.717) is 0 Å². The molecule has 1 fully saturated rings. The molecule has 1 saturated carbocycles. The normalized spacial score (nSPS) is 15.9. The van der Waals surface area contributed by atoms with E-state index in [4.69, 9.17) is 16.7 Å². The molecule has 7 heteroatoms. The van der Waals surface area contributed by atoms with Crippen molar-refractivity contribution in [3.05, 3.63) is 28.8 Å². The van der Waals surface area contributed by atoms with Crippen molar-refractivity contribution < 1.29 is 13.2 Å². The van der Waals surface area contributed by atoms with E-state index in [1.54, 1.807) is 11.9 Å². The molecule has 0 bridgehead atoms. The Hall–Kier alpha value is -1.11. The van der Waals surface area contributed by atoms with E-state index in [1.807, 2.05) is 0 Å². The molecule has 0 atom stereocenters. The van der Waals surface area contributed by atoms with Gasteiger partial charge in [0, 0.05) is 18.7 Å². The lowest BCUT2D eigenvalue weighted by atomic mass is 9.91. The van der Waals surface area contributed by atoms with Gasteiger partial charge in [-0.1, -0.05) is 11.6 Å². The van der Waals surface area contributed by atoms with Crippen LogP contribution in [0.1, 0.15) is 29.6 Å². The number of rotatable bonds is 3. The Morgan fingerprint density at radius 1 is 1.42 bits per heavy atom. The van der Waals surface area contributed by atoms with E-state index in [2.05, 4.69) is 0 Å². The third kappa shape index (κ3) is 2.91. The molecule has 1 aromatic rings. The molecule has 1 aliphatic carbocycles. The van der Waals surface area contributed by atoms with Crippen molar-refractivity contribution >= 4 is 27.5 Å². The van der Waals surface area contributed by atoms with Crippen molar-refractivity contribution in [3.8, 4) is 0 Å². The van der Waals surface area contributed by atoms with Crippen LogP contribution in [0.25, 0.3) is 0 Å². The molecule has 2 N–H and O–H groups in total. The predicted molar refractivity (Wildman–Crippen MR) is 72.6 cm³/mol. The fourth-order valence-electron chi connectivity index (χ4n) is 2.00. The third-order valence-electron chi connectivity index (χ3n) is 3.43. The number of halogens is 1. The molecule has 19 heavy (non-hydrogen) atoms. The molecular weight excluding hydrogens is 288 g/mol. The summed E-state index contributed by atoms with van der Waals surface area (Å²) in [4.78, 5) is 13.6. The van der Waals surface area contributed by atoms with E-state index in [-0.39, 0.29) is 27.4 Å². The number of sulfonamides is 1. The summed E-state index contributed by atoms with van der Waals surface area (Å²) in [5, 5.41) is 5.08. The van der Waals surface area contributed by atoms with Gasteiger partial charge in [0.25, 0.3) is 5.91 Å². The van der Waals surface area contributed by atoms with Gasteiger partial charge in [-0.25, -0.2) is 13.6 Å². The molecule has 5 nitrogen and oxygen atoms in total. The number of hydrogen-bond donors (Lipinski definition) is 1. The Labute approximate surface area is 117 Å². The lowest BCUT2D eigenvalue weighted by Gasteiger charge is -2.34. The van der Waals surface area contributed by atoms with Crippen LogP contribution in [-0.2, 0) is 10.0 Å². The summed E-state index contributed by atoms with van der Waals surface area (Å²) in [6.45, 7) is 0. The van der Waals surface area contributed by atoms with Gasteiger partial charge in [0.05, 0.1) is 5.02 Å². The Bertz CT molecular complexity index is 611. The summed E-state index contributed by atoms with van der Waals surface area (Å²) < 4.78 is 22.7. The summed E-state index contributed by atoms with van der Waals surface area (Å²) in [5.41, 5.74) is 0.280. The van der Waals surface area contributed by atoms with Gasteiger partial charge in [0.2, 0.25) is 10.0 Å². The Morgan fingerprint density at radius 3 is 2.53 bits per heavy atom. The first-order valence-corrected chi connectivity index (χ1v) is 7.82. The second-order valence-corrected chi connectivity index (χ2v) is 6.63. The molecule has 0 saturated heterocycles. The lowest BCUT2D eigenvalue weighted by Crippen LogP contribution is -2.41. The first-order chi connectivity index (χ1) is 8.80. The van der Waals surface area contributed by atoms with Crippen molar-refractivity contribution in [2.24, 2.45) is 5.14 Å². The van der Waals surface area contributed by atoms with E-state index in [9.17, 15) is 13.2 Å². The summed E-state index contributed by atoms with van der Waals surface area (Å²) in [6, 6.07) is 4.36. The first-order valence-electron chi connectivity index (χ1n) is 5.90. The number of primary sulfonamides is 1.